The van der Waals surface area contributed by atoms with E-state index in [0.29, 0.717) is 0 Å². The van der Waals surface area contributed by atoms with Crippen molar-refractivity contribution in [1.29, 1.82) is 0 Å². The van der Waals surface area contributed by atoms with Crippen LogP contribution in [-0.4, -0.2) is 15.0 Å². The minimum atomic E-state index is -0.249. The average molecular weight is 377 g/mol. The van der Waals surface area contributed by atoms with Gasteiger partial charge in [-0.1, -0.05) is 29.8 Å². The van der Waals surface area contributed by atoms with Crippen molar-refractivity contribution >= 4 is 34.2 Å². The maximum atomic E-state index is 6.25. The Kier molecular flexibility index (Phi) is 4.58. The lowest BCUT2D eigenvalue weighted by molar-refractivity contribution is 0.543. The first-order valence-electron chi connectivity index (χ1n) is 5.72. The van der Waals surface area contributed by atoms with Gasteiger partial charge in [-0.3, -0.25) is 0 Å². The molecule has 0 aliphatic carbocycles. The minimum absolute atomic E-state index is 0.249. The molecule has 2 aromatic rings. The standard InChI is InChI=1S/C12H14ClIN4/c1-2-5-18-11(7-16-17-18)12(15)8-3-4-10(14)9(13)6-8/h3-4,6-7,12H,2,5,15H2,1H3. The van der Waals surface area contributed by atoms with Crippen molar-refractivity contribution in [3.8, 4) is 0 Å². The van der Waals surface area contributed by atoms with Crippen molar-refractivity contribution in [3.05, 3.63) is 44.2 Å². The van der Waals surface area contributed by atoms with Crippen LogP contribution in [0, 0.1) is 3.57 Å². The molecule has 1 atom stereocenters. The van der Waals surface area contributed by atoms with Gasteiger partial charge < -0.3 is 5.73 Å². The SMILES string of the molecule is CCCn1nncc1C(N)c1ccc(I)c(Cl)c1. The van der Waals surface area contributed by atoms with Crippen LogP contribution in [0.25, 0.3) is 0 Å². The molecule has 0 fully saturated rings. The van der Waals surface area contributed by atoms with Gasteiger partial charge >= 0.3 is 0 Å². The second-order valence-electron chi connectivity index (χ2n) is 4.03. The first kappa shape index (κ1) is 13.8. The van der Waals surface area contributed by atoms with Crippen LogP contribution in [0.2, 0.25) is 5.02 Å². The minimum Gasteiger partial charge on any atom is -0.319 e. The summed E-state index contributed by atoms with van der Waals surface area (Å²) in [5.74, 6) is 0. The number of nitrogens with zero attached hydrogens (tertiary/aromatic N) is 3. The molecule has 1 unspecified atom stereocenters. The van der Waals surface area contributed by atoms with E-state index in [1.54, 1.807) is 6.20 Å². The Bertz CT molecular complexity index is 541. The Labute approximate surface area is 125 Å². The molecule has 2 rings (SSSR count). The molecule has 1 aromatic carbocycles. The fraction of sp³-hybridized carbons (Fsp3) is 0.333. The third-order valence-corrected chi connectivity index (χ3v) is 4.28. The van der Waals surface area contributed by atoms with E-state index in [4.69, 9.17) is 17.3 Å². The van der Waals surface area contributed by atoms with Crippen molar-refractivity contribution in [2.24, 2.45) is 5.73 Å². The molecule has 6 heteroatoms. The maximum Gasteiger partial charge on any atom is 0.0799 e. The monoisotopic (exact) mass is 376 g/mol. The van der Waals surface area contributed by atoms with E-state index in [1.165, 1.54) is 0 Å². The van der Waals surface area contributed by atoms with Crippen LogP contribution >= 0.6 is 34.2 Å². The highest BCUT2D eigenvalue weighted by molar-refractivity contribution is 14.1. The normalized spacial score (nSPS) is 12.7. The van der Waals surface area contributed by atoms with Crippen molar-refractivity contribution in [2.45, 2.75) is 25.9 Å². The van der Waals surface area contributed by atoms with Crippen molar-refractivity contribution < 1.29 is 0 Å². The van der Waals surface area contributed by atoms with Crippen molar-refractivity contribution in [2.75, 3.05) is 0 Å². The van der Waals surface area contributed by atoms with Gasteiger partial charge in [0.15, 0.2) is 0 Å². The summed E-state index contributed by atoms with van der Waals surface area (Å²) in [6, 6.07) is 5.60. The summed E-state index contributed by atoms with van der Waals surface area (Å²) < 4.78 is 2.86. The van der Waals surface area contributed by atoms with Gasteiger partial charge in [-0.15, -0.1) is 5.10 Å². The predicted molar refractivity (Wildman–Crippen MR) is 80.5 cm³/mol. The summed E-state index contributed by atoms with van der Waals surface area (Å²) in [6.45, 7) is 2.92. The zero-order valence-corrected chi connectivity index (χ0v) is 12.9. The van der Waals surface area contributed by atoms with Crippen LogP contribution < -0.4 is 5.73 Å². The molecule has 0 saturated carbocycles. The van der Waals surface area contributed by atoms with E-state index in [0.717, 1.165) is 32.8 Å². The number of aryl methyl sites for hydroxylation is 1. The Balaban J connectivity index is 2.32. The van der Waals surface area contributed by atoms with Crippen molar-refractivity contribution in [3.63, 3.8) is 0 Å². The highest BCUT2D eigenvalue weighted by atomic mass is 127. The smallest absolute Gasteiger partial charge is 0.0799 e. The summed E-state index contributed by atoms with van der Waals surface area (Å²) in [6.07, 6.45) is 2.71. The highest BCUT2D eigenvalue weighted by Gasteiger charge is 2.15. The molecule has 18 heavy (non-hydrogen) atoms. The summed E-state index contributed by atoms with van der Waals surface area (Å²) in [5, 5.41) is 8.69. The molecule has 0 radical (unpaired) electrons. The number of hydrogen-bond donors (Lipinski definition) is 1. The summed E-state index contributed by atoms with van der Waals surface area (Å²) >= 11 is 8.31. The number of halogens is 2. The third-order valence-electron chi connectivity index (χ3n) is 2.70. The summed E-state index contributed by atoms with van der Waals surface area (Å²) in [7, 11) is 0. The van der Waals surface area contributed by atoms with Crippen LogP contribution in [-0.2, 0) is 6.54 Å². The number of aromatic nitrogens is 3. The van der Waals surface area contributed by atoms with Crippen LogP contribution in [0.1, 0.15) is 30.6 Å². The lowest BCUT2D eigenvalue weighted by Gasteiger charge is -2.14. The van der Waals surface area contributed by atoms with E-state index in [2.05, 4.69) is 39.8 Å². The number of nitrogens with two attached hydrogens (primary N) is 1. The average Bonchev–Trinajstić information content (AvgIpc) is 2.80. The number of rotatable bonds is 4. The second-order valence-corrected chi connectivity index (χ2v) is 5.60. The van der Waals surface area contributed by atoms with E-state index in [9.17, 15) is 0 Å². The Morgan fingerprint density at radius 1 is 1.50 bits per heavy atom. The largest absolute Gasteiger partial charge is 0.319 e. The van der Waals surface area contributed by atoms with E-state index < -0.39 is 0 Å². The van der Waals surface area contributed by atoms with Gasteiger partial charge in [-0.2, -0.15) is 0 Å². The fourth-order valence-corrected chi connectivity index (χ4v) is 2.29. The molecule has 96 valence electrons. The fourth-order valence-electron chi connectivity index (χ4n) is 1.77. The number of benzene rings is 1. The molecule has 1 heterocycles. The second kappa shape index (κ2) is 5.99. The lowest BCUT2D eigenvalue weighted by atomic mass is 10.1. The quantitative estimate of drug-likeness (QED) is 0.835. The number of hydrogen-bond acceptors (Lipinski definition) is 3. The zero-order chi connectivity index (χ0) is 13.1. The van der Waals surface area contributed by atoms with Gasteiger partial charge in [0.05, 0.1) is 23.0 Å². The molecule has 0 aliphatic rings. The van der Waals surface area contributed by atoms with E-state index >= 15 is 0 Å². The molecule has 4 nitrogen and oxygen atoms in total. The van der Waals surface area contributed by atoms with Gasteiger partial charge in [0.25, 0.3) is 0 Å². The van der Waals surface area contributed by atoms with Crippen LogP contribution in [0.15, 0.2) is 24.4 Å². The molecule has 0 bridgehead atoms. The van der Waals surface area contributed by atoms with Crippen LogP contribution in [0.4, 0.5) is 0 Å². The Morgan fingerprint density at radius 3 is 2.94 bits per heavy atom. The van der Waals surface area contributed by atoms with Crippen LogP contribution in [0.3, 0.4) is 0 Å². The first-order valence-corrected chi connectivity index (χ1v) is 7.18. The van der Waals surface area contributed by atoms with Gasteiger partial charge in [0, 0.05) is 10.1 Å². The molecule has 0 aliphatic heterocycles. The Morgan fingerprint density at radius 2 is 2.28 bits per heavy atom. The molecule has 0 saturated heterocycles. The summed E-state index contributed by atoms with van der Waals surface area (Å²) in [5.41, 5.74) is 8.13. The highest BCUT2D eigenvalue weighted by Crippen LogP contribution is 2.25. The molecular formula is C12H14ClIN4. The molecule has 0 amide bonds. The van der Waals surface area contributed by atoms with Gasteiger partial charge in [0.2, 0.25) is 0 Å². The van der Waals surface area contributed by atoms with Gasteiger partial charge in [-0.25, -0.2) is 4.68 Å². The molecule has 1 aromatic heterocycles. The van der Waals surface area contributed by atoms with Crippen molar-refractivity contribution in [1.82, 2.24) is 15.0 Å². The maximum absolute atomic E-state index is 6.25. The topological polar surface area (TPSA) is 56.7 Å². The predicted octanol–water partition coefficient (Wildman–Crippen LogP) is 2.99. The van der Waals surface area contributed by atoms with Gasteiger partial charge in [-0.05, 0) is 46.7 Å². The van der Waals surface area contributed by atoms with E-state index in [1.807, 2.05) is 22.9 Å². The molecule has 0 spiro atoms. The van der Waals surface area contributed by atoms with Gasteiger partial charge in [0.1, 0.15) is 0 Å². The van der Waals surface area contributed by atoms with Crippen LogP contribution in [0.5, 0.6) is 0 Å². The lowest BCUT2D eigenvalue weighted by Crippen LogP contribution is -2.17. The zero-order valence-electron chi connectivity index (χ0n) is 9.98. The summed E-state index contributed by atoms with van der Waals surface area (Å²) in [4.78, 5) is 0. The Hall–Kier alpha value is -0.660. The molecular weight excluding hydrogens is 363 g/mol. The van der Waals surface area contributed by atoms with E-state index in [-0.39, 0.29) is 6.04 Å². The first-order chi connectivity index (χ1) is 8.63. The third kappa shape index (κ3) is 2.84. The molecule has 2 N–H and O–H groups in total.